The first-order valence-corrected chi connectivity index (χ1v) is 8.54. The van der Waals surface area contributed by atoms with Gasteiger partial charge in [-0.2, -0.15) is 0 Å². The second kappa shape index (κ2) is 5.34. The molecule has 0 radical (unpaired) electrons. The van der Waals surface area contributed by atoms with Gasteiger partial charge in [-0.15, -0.1) is 0 Å². The second-order valence-corrected chi connectivity index (χ2v) is 6.96. The Morgan fingerprint density at radius 2 is 2.40 bits per heavy atom. The lowest BCUT2D eigenvalue weighted by Crippen LogP contribution is -2.26. The minimum atomic E-state index is -2.03. The van der Waals surface area contributed by atoms with Crippen LogP contribution < -0.4 is 0 Å². The maximum Gasteiger partial charge on any atom is 0.0498 e. The average molecular weight is 293 g/mol. The molecule has 1 saturated heterocycles. The molecule has 3 rings (SSSR count). The molecule has 0 aliphatic carbocycles. The fourth-order valence-corrected chi connectivity index (χ4v) is 3.63. The Kier molecular flexibility index (Phi) is 2.82. The van der Waals surface area contributed by atoms with Gasteiger partial charge in [0.25, 0.3) is 0 Å². The highest BCUT2D eigenvalue weighted by Crippen LogP contribution is 2.28. The lowest BCUT2D eigenvalue weighted by Gasteiger charge is -2.19. The number of aromatic amines is 1. The van der Waals surface area contributed by atoms with Crippen molar-refractivity contribution in [2.24, 2.45) is 0 Å². The Morgan fingerprint density at radius 1 is 1.55 bits per heavy atom. The average Bonchev–Trinajstić information content (AvgIpc) is 3.04. The fourth-order valence-electron chi connectivity index (χ4n) is 3.09. The molecular formula is C16H22N2OS. The van der Waals surface area contributed by atoms with Crippen molar-refractivity contribution in [3.05, 3.63) is 29.5 Å². The molecule has 1 aliphatic rings. The topological polar surface area (TPSA) is 36.1 Å². The highest BCUT2D eigenvalue weighted by molar-refractivity contribution is 7.84. The third-order valence-corrected chi connectivity index (χ3v) is 5.16. The highest BCUT2D eigenvalue weighted by atomic mass is 32.2. The van der Waals surface area contributed by atoms with E-state index in [0.717, 1.165) is 39.9 Å². The summed E-state index contributed by atoms with van der Waals surface area (Å²) < 4.78 is 34.9. The lowest BCUT2D eigenvalue weighted by molar-refractivity contribution is 0.309. The number of likely N-dealkylation sites (tertiary alicyclic amines) is 1. The standard InChI is InChI=1S/C16H22N2OS/c1-11-14(9-12-5-4-8-18(12)2)15-10-13(20(3)19)6-7-16(15)17-11/h6-7,10,12,17H,4-5,8-9H2,1-3H3/t12-,20?/m1/s1/i2D3. The molecular weight excluding hydrogens is 268 g/mol. The van der Waals surface area contributed by atoms with Crippen LogP contribution in [0.4, 0.5) is 0 Å². The number of nitrogens with one attached hydrogen (secondary N) is 1. The van der Waals surface area contributed by atoms with Crippen LogP contribution in [-0.4, -0.2) is 39.9 Å². The molecule has 1 aromatic carbocycles. The molecule has 0 bridgehead atoms. The number of likely N-dealkylation sites (N-methyl/N-ethyl adjacent to an activating group) is 1. The molecule has 1 aromatic heterocycles. The molecule has 2 atom stereocenters. The molecule has 1 unspecified atom stereocenters. The zero-order chi connectivity index (χ0) is 16.8. The van der Waals surface area contributed by atoms with Crippen LogP contribution in [0.25, 0.3) is 10.9 Å². The Balaban J connectivity index is 1.97. The van der Waals surface area contributed by atoms with Crippen LogP contribution in [0, 0.1) is 6.92 Å². The lowest BCUT2D eigenvalue weighted by atomic mass is 10.0. The predicted molar refractivity (Wildman–Crippen MR) is 84.7 cm³/mol. The molecule has 1 aliphatic heterocycles. The molecule has 2 heterocycles. The quantitative estimate of drug-likeness (QED) is 0.944. The zero-order valence-corrected chi connectivity index (χ0v) is 12.7. The van der Waals surface area contributed by atoms with Gasteiger partial charge in [-0.3, -0.25) is 4.21 Å². The van der Waals surface area contributed by atoms with Crippen LogP contribution >= 0.6 is 0 Å². The molecule has 1 fully saturated rings. The number of H-pyrrole nitrogens is 1. The van der Waals surface area contributed by atoms with Crippen LogP contribution in [0.2, 0.25) is 0 Å². The van der Waals surface area contributed by atoms with Gasteiger partial charge in [0.2, 0.25) is 0 Å². The van der Waals surface area contributed by atoms with Crippen LogP contribution in [0.3, 0.4) is 0 Å². The van der Waals surface area contributed by atoms with Gasteiger partial charge in [-0.1, -0.05) is 0 Å². The van der Waals surface area contributed by atoms with E-state index in [4.69, 9.17) is 4.11 Å². The van der Waals surface area contributed by atoms with E-state index in [2.05, 4.69) is 4.98 Å². The van der Waals surface area contributed by atoms with E-state index in [1.54, 1.807) is 11.2 Å². The van der Waals surface area contributed by atoms with Crippen LogP contribution in [0.5, 0.6) is 0 Å². The molecule has 1 N–H and O–H groups in total. The van der Waals surface area contributed by atoms with Crippen LogP contribution in [0.1, 0.15) is 28.2 Å². The van der Waals surface area contributed by atoms with E-state index in [-0.39, 0.29) is 6.04 Å². The highest BCUT2D eigenvalue weighted by Gasteiger charge is 2.23. The normalized spacial score (nSPS) is 24.5. The minimum Gasteiger partial charge on any atom is -0.358 e. The molecule has 108 valence electrons. The summed E-state index contributed by atoms with van der Waals surface area (Å²) in [5.74, 6) is 0. The van der Waals surface area contributed by atoms with Crippen molar-refractivity contribution in [3.63, 3.8) is 0 Å². The molecule has 0 amide bonds. The van der Waals surface area contributed by atoms with Gasteiger partial charge in [-0.25, -0.2) is 0 Å². The molecule has 2 aromatic rings. The summed E-state index contributed by atoms with van der Waals surface area (Å²) in [5.41, 5.74) is 3.23. The van der Waals surface area contributed by atoms with Gasteiger partial charge in [0, 0.05) is 48.7 Å². The monoisotopic (exact) mass is 293 g/mol. The van der Waals surface area contributed by atoms with E-state index in [1.807, 2.05) is 25.1 Å². The van der Waals surface area contributed by atoms with Crippen molar-refractivity contribution in [1.82, 2.24) is 9.88 Å². The number of aromatic nitrogens is 1. The maximum atomic E-state index is 11.8. The maximum absolute atomic E-state index is 11.8. The van der Waals surface area contributed by atoms with Crippen molar-refractivity contribution in [1.29, 1.82) is 0 Å². The van der Waals surface area contributed by atoms with Crippen molar-refractivity contribution in [2.45, 2.75) is 37.1 Å². The molecule has 20 heavy (non-hydrogen) atoms. The first kappa shape index (κ1) is 10.6. The first-order chi connectivity index (χ1) is 10.8. The third kappa shape index (κ3) is 2.42. The summed E-state index contributed by atoms with van der Waals surface area (Å²) in [4.78, 5) is 5.81. The molecule has 4 heteroatoms. The Bertz CT molecular complexity index is 754. The summed E-state index contributed by atoms with van der Waals surface area (Å²) in [6, 6.07) is 5.84. The van der Waals surface area contributed by atoms with E-state index >= 15 is 0 Å². The fraction of sp³-hybridized carbons (Fsp3) is 0.500. The Morgan fingerprint density at radius 3 is 3.15 bits per heavy atom. The van der Waals surface area contributed by atoms with Crippen LogP contribution in [-0.2, 0) is 17.2 Å². The van der Waals surface area contributed by atoms with E-state index in [0.29, 0.717) is 13.0 Å². The number of rotatable bonds is 3. The predicted octanol–water partition coefficient (Wildman–Crippen LogP) is 2.85. The van der Waals surface area contributed by atoms with Gasteiger partial charge in [-0.05, 0) is 63.5 Å². The number of nitrogens with zero attached hydrogens (tertiary/aromatic N) is 1. The van der Waals surface area contributed by atoms with E-state index in [1.165, 1.54) is 0 Å². The van der Waals surface area contributed by atoms with Gasteiger partial charge in [0.15, 0.2) is 0 Å². The van der Waals surface area contributed by atoms with Gasteiger partial charge < -0.3 is 9.88 Å². The Labute approximate surface area is 127 Å². The van der Waals surface area contributed by atoms with Gasteiger partial charge >= 0.3 is 0 Å². The minimum absolute atomic E-state index is 0.0379. The number of hydrogen-bond donors (Lipinski definition) is 1. The zero-order valence-electron chi connectivity index (χ0n) is 14.9. The smallest absolute Gasteiger partial charge is 0.0498 e. The number of aryl methyl sites for hydroxylation is 1. The number of benzene rings is 1. The van der Waals surface area contributed by atoms with Crippen molar-refractivity contribution in [2.75, 3.05) is 19.8 Å². The summed E-state index contributed by atoms with van der Waals surface area (Å²) in [7, 11) is -1.02. The SMILES string of the molecule is [2H]C([2H])([2H])N1CCC[C@@H]1Cc1c(C)[nH]c2ccc(S(C)=O)cc12. The second-order valence-electron chi connectivity index (χ2n) is 5.58. The summed E-state index contributed by atoms with van der Waals surface area (Å²) in [5, 5.41) is 1.06. The molecule has 3 nitrogen and oxygen atoms in total. The van der Waals surface area contributed by atoms with Gasteiger partial charge in [0.1, 0.15) is 0 Å². The third-order valence-electron chi connectivity index (χ3n) is 4.24. The summed E-state index contributed by atoms with van der Waals surface area (Å²) >= 11 is 0. The molecule has 0 saturated carbocycles. The number of hydrogen-bond acceptors (Lipinski definition) is 2. The van der Waals surface area contributed by atoms with Crippen molar-refractivity contribution in [3.8, 4) is 0 Å². The van der Waals surface area contributed by atoms with Crippen molar-refractivity contribution >= 4 is 21.7 Å². The van der Waals surface area contributed by atoms with Gasteiger partial charge in [0.05, 0.1) is 0 Å². The summed E-state index contributed by atoms with van der Waals surface area (Å²) in [6.45, 7) is 0.622. The van der Waals surface area contributed by atoms with E-state index < -0.39 is 17.8 Å². The van der Waals surface area contributed by atoms with Crippen molar-refractivity contribution < 1.29 is 8.32 Å². The largest absolute Gasteiger partial charge is 0.358 e. The molecule has 0 spiro atoms. The van der Waals surface area contributed by atoms with E-state index in [9.17, 15) is 4.21 Å². The number of fused-ring (bicyclic) bond motifs is 1. The van der Waals surface area contributed by atoms with Crippen LogP contribution in [0.15, 0.2) is 23.1 Å². The first-order valence-electron chi connectivity index (χ1n) is 8.49. The Hall–Kier alpha value is -1.13. The summed E-state index contributed by atoms with van der Waals surface area (Å²) in [6.07, 6.45) is 4.22.